The number of oxime groups is 1. The Morgan fingerprint density at radius 1 is 1.14 bits per heavy atom. The molecule has 28 heavy (non-hydrogen) atoms. The standard InChI is InChI=1S/C19H18N2O6S/c1-25-16-8-7-12(9-17(16)26-2)15-10-13(27-20-15)11-21-19(22)14-5-3-4-6-18(14)28(21,23)24/h3-9,13H,10-11H2,1-2H3/t13-/m1/s1. The molecule has 1 amide bonds. The molecule has 1 atom stereocenters. The highest BCUT2D eigenvalue weighted by Gasteiger charge is 2.43. The number of carbonyl (C=O) groups is 1. The SMILES string of the molecule is COc1ccc(C2=NO[C@@H](CN3C(=O)c4ccccc4S3(=O)=O)C2)cc1OC. The highest BCUT2D eigenvalue weighted by atomic mass is 32.2. The van der Waals surface area contributed by atoms with Crippen LogP contribution in [0, 0.1) is 0 Å². The smallest absolute Gasteiger partial charge is 0.269 e. The molecule has 0 aromatic heterocycles. The minimum Gasteiger partial charge on any atom is -0.493 e. The van der Waals surface area contributed by atoms with Gasteiger partial charge in [-0.1, -0.05) is 17.3 Å². The number of hydrogen-bond acceptors (Lipinski definition) is 7. The van der Waals surface area contributed by atoms with Crippen LogP contribution in [-0.4, -0.2) is 51.2 Å². The van der Waals surface area contributed by atoms with E-state index >= 15 is 0 Å². The second-order valence-electron chi connectivity index (χ2n) is 6.38. The normalized spacial score (nSPS) is 19.8. The zero-order chi connectivity index (χ0) is 19.9. The average Bonchev–Trinajstić information content (AvgIpc) is 3.25. The maximum Gasteiger partial charge on any atom is 0.269 e. The summed E-state index contributed by atoms with van der Waals surface area (Å²) in [4.78, 5) is 18.0. The van der Waals surface area contributed by atoms with E-state index in [1.165, 1.54) is 12.1 Å². The molecule has 8 nitrogen and oxygen atoms in total. The Morgan fingerprint density at radius 2 is 1.89 bits per heavy atom. The molecule has 2 heterocycles. The molecule has 2 aromatic carbocycles. The minimum atomic E-state index is -3.87. The van der Waals surface area contributed by atoms with Gasteiger partial charge in [0.05, 0.1) is 32.0 Å². The molecule has 4 rings (SSSR count). The summed E-state index contributed by atoms with van der Waals surface area (Å²) >= 11 is 0. The van der Waals surface area contributed by atoms with Gasteiger partial charge in [0.2, 0.25) is 0 Å². The van der Waals surface area contributed by atoms with Crippen molar-refractivity contribution < 1.29 is 27.5 Å². The number of rotatable bonds is 5. The zero-order valence-corrected chi connectivity index (χ0v) is 16.1. The summed E-state index contributed by atoms with van der Waals surface area (Å²) in [5, 5.41) is 4.07. The van der Waals surface area contributed by atoms with Gasteiger partial charge in [-0.15, -0.1) is 0 Å². The van der Waals surface area contributed by atoms with Gasteiger partial charge in [0, 0.05) is 12.0 Å². The summed E-state index contributed by atoms with van der Waals surface area (Å²) < 4.78 is 36.7. The molecule has 9 heteroatoms. The van der Waals surface area contributed by atoms with Crippen molar-refractivity contribution in [1.29, 1.82) is 0 Å². The molecule has 0 fully saturated rings. The maximum atomic E-state index is 12.7. The van der Waals surface area contributed by atoms with Crippen molar-refractivity contribution in [2.45, 2.75) is 17.4 Å². The van der Waals surface area contributed by atoms with Crippen molar-refractivity contribution in [1.82, 2.24) is 4.31 Å². The van der Waals surface area contributed by atoms with E-state index in [4.69, 9.17) is 14.3 Å². The van der Waals surface area contributed by atoms with Gasteiger partial charge in [0.25, 0.3) is 15.9 Å². The summed E-state index contributed by atoms with van der Waals surface area (Å²) in [5.74, 6) is 0.603. The summed E-state index contributed by atoms with van der Waals surface area (Å²) in [6.07, 6.45) is -0.193. The van der Waals surface area contributed by atoms with E-state index in [0.29, 0.717) is 23.6 Å². The number of hydrogen-bond donors (Lipinski definition) is 0. The molecular formula is C19H18N2O6S. The number of fused-ring (bicyclic) bond motifs is 1. The number of ether oxygens (including phenoxy) is 2. The number of carbonyl (C=O) groups excluding carboxylic acids is 1. The van der Waals surface area contributed by atoms with Crippen LogP contribution in [0.25, 0.3) is 0 Å². The van der Waals surface area contributed by atoms with E-state index in [2.05, 4.69) is 5.16 Å². The van der Waals surface area contributed by atoms with Gasteiger partial charge in [-0.3, -0.25) is 4.79 Å². The van der Waals surface area contributed by atoms with E-state index in [9.17, 15) is 13.2 Å². The molecule has 0 saturated heterocycles. The van der Waals surface area contributed by atoms with E-state index in [0.717, 1.165) is 9.87 Å². The second kappa shape index (κ2) is 6.83. The van der Waals surface area contributed by atoms with Crippen LogP contribution in [0.5, 0.6) is 11.5 Å². The van der Waals surface area contributed by atoms with E-state index in [1.54, 1.807) is 38.5 Å². The zero-order valence-electron chi connectivity index (χ0n) is 15.3. The molecule has 0 N–H and O–H groups in total. The van der Waals surface area contributed by atoms with Crippen LogP contribution in [-0.2, 0) is 14.9 Å². The first kappa shape index (κ1) is 18.3. The van der Waals surface area contributed by atoms with Crippen LogP contribution in [0.1, 0.15) is 22.3 Å². The van der Waals surface area contributed by atoms with Crippen LogP contribution >= 0.6 is 0 Å². The average molecular weight is 402 g/mol. The van der Waals surface area contributed by atoms with Gasteiger partial charge in [-0.2, -0.15) is 0 Å². The molecule has 0 spiro atoms. The number of nitrogens with zero attached hydrogens (tertiary/aromatic N) is 2. The van der Waals surface area contributed by atoms with Crippen molar-refractivity contribution >= 4 is 21.6 Å². The van der Waals surface area contributed by atoms with Gasteiger partial charge in [0.15, 0.2) is 17.6 Å². The van der Waals surface area contributed by atoms with Crippen LogP contribution < -0.4 is 9.47 Å². The van der Waals surface area contributed by atoms with Crippen molar-refractivity contribution in [2.24, 2.45) is 5.16 Å². The molecule has 2 aliphatic rings. The van der Waals surface area contributed by atoms with Crippen LogP contribution in [0.2, 0.25) is 0 Å². The maximum absolute atomic E-state index is 12.7. The summed E-state index contributed by atoms with van der Waals surface area (Å²) in [6.45, 7) is -0.101. The predicted octanol–water partition coefficient (Wildman–Crippen LogP) is 2.04. The topological polar surface area (TPSA) is 94.5 Å². The molecule has 0 saturated carbocycles. The molecular weight excluding hydrogens is 384 g/mol. The van der Waals surface area contributed by atoms with Gasteiger partial charge in [0.1, 0.15) is 4.90 Å². The molecule has 0 aliphatic carbocycles. The summed E-state index contributed by atoms with van der Waals surface area (Å²) in [6, 6.07) is 11.5. The third kappa shape index (κ3) is 2.88. The summed E-state index contributed by atoms with van der Waals surface area (Å²) in [5.41, 5.74) is 1.60. The minimum absolute atomic E-state index is 0.0269. The van der Waals surface area contributed by atoms with Crippen molar-refractivity contribution in [2.75, 3.05) is 20.8 Å². The third-order valence-corrected chi connectivity index (χ3v) is 6.54. The van der Waals surface area contributed by atoms with Crippen molar-refractivity contribution in [3.8, 4) is 11.5 Å². The fraction of sp³-hybridized carbons (Fsp3) is 0.263. The predicted molar refractivity (Wildman–Crippen MR) is 100 cm³/mol. The lowest BCUT2D eigenvalue weighted by molar-refractivity contribution is 0.0599. The second-order valence-corrected chi connectivity index (χ2v) is 8.21. The fourth-order valence-electron chi connectivity index (χ4n) is 3.31. The lowest BCUT2D eigenvalue weighted by atomic mass is 10.0. The monoisotopic (exact) mass is 402 g/mol. The largest absolute Gasteiger partial charge is 0.493 e. The Hall–Kier alpha value is -3.07. The molecule has 0 bridgehead atoms. The third-order valence-electron chi connectivity index (χ3n) is 4.73. The Morgan fingerprint density at radius 3 is 2.61 bits per heavy atom. The van der Waals surface area contributed by atoms with Crippen LogP contribution in [0.4, 0.5) is 0 Å². The highest BCUT2D eigenvalue weighted by Crippen LogP contribution is 2.32. The Bertz CT molecular complexity index is 1080. The first-order chi connectivity index (χ1) is 13.5. The van der Waals surface area contributed by atoms with E-state index in [-0.39, 0.29) is 17.0 Å². The molecule has 146 valence electrons. The van der Waals surface area contributed by atoms with Crippen molar-refractivity contribution in [3.63, 3.8) is 0 Å². The first-order valence-corrected chi connectivity index (χ1v) is 10.0. The van der Waals surface area contributed by atoms with Gasteiger partial charge in [-0.05, 0) is 30.3 Å². The number of benzene rings is 2. The van der Waals surface area contributed by atoms with Crippen LogP contribution in [0.3, 0.4) is 0 Å². The lowest BCUT2D eigenvalue weighted by Gasteiger charge is -2.18. The Balaban J connectivity index is 1.51. The molecule has 2 aliphatic heterocycles. The Kier molecular flexibility index (Phi) is 4.46. The van der Waals surface area contributed by atoms with E-state index in [1.807, 2.05) is 6.07 Å². The molecule has 2 aromatic rings. The molecule has 0 unspecified atom stereocenters. The lowest BCUT2D eigenvalue weighted by Crippen LogP contribution is -2.37. The van der Waals surface area contributed by atoms with Gasteiger partial charge < -0.3 is 14.3 Å². The fourth-order valence-corrected chi connectivity index (χ4v) is 4.91. The van der Waals surface area contributed by atoms with Crippen molar-refractivity contribution in [3.05, 3.63) is 53.6 Å². The van der Waals surface area contributed by atoms with Crippen LogP contribution in [0.15, 0.2) is 52.5 Å². The number of methoxy groups -OCH3 is 2. The Labute approximate surface area is 162 Å². The molecule has 0 radical (unpaired) electrons. The highest BCUT2D eigenvalue weighted by molar-refractivity contribution is 7.90. The quantitative estimate of drug-likeness (QED) is 0.760. The van der Waals surface area contributed by atoms with Gasteiger partial charge in [-0.25, -0.2) is 12.7 Å². The number of sulfonamides is 1. The van der Waals surface area contributed by atoms with Gasteiger partial charge >= 0.3 is 0 Å². The summed E-state index contributed by atoms with van der Waals surface area (Å²) in [7, 11) is -0.777. The first-order valence-electron chi connectivity index (χ1n) is 8.57. The number of amides is 1. The van der Waals surface area contributed by atoms with E-state index < -0.39 is 22.0 Å².